The van der Waals surface area contributed by atoms with E-state index in [2.05, 4.69) is 34.6 Å². The number of H-pyrrole nitrogens is 1. The van der Waals surface area contributed by atoms with E-state index in [0.29, 0.717) is 13.2 Å². The molecule has 0 saturated carbocycles. The van der Waals surface area contributed by atoms with Crippen molar-refractivity contribution in [3.63, 3.8) is 0 Å². The number of aromatic amines is 1. The molecule has 1 atom stereocenters. The van der Waals surface area contributed by atoms with Crippen molar-refractivity contribution in [1.82, 2.24) is 10.3 Å². The zero-order valence-electron chi connectivity index (χ0n) is 10.3. The average Bonchev–Trinajstić information content (AvgIpc) is 2.89. The Morgan fingerprint density at radius 2 is 2.28 bits per heavy atom. The fourth-order valence-electron chi connectivity index (χ4n) is 2.33. The van der Waals surface area contributed by atoms with Crippen LogP contribution in [0.4, 0.5) is 0 Å². The number of benzene rings is 1. The second kappa shape index (κ2) is 5.52. The Labute approximate surface area is 106 Å². The van der Waals surface area contributed by atoms with Crippen LogP contribution < -0.4 is 5.32 Å². The highest BCUT2D eigenvalue weighted by atomic mass is 16.6. The van der Waals surface area contributed by atoms with Crippen LogP contribution in [0.3, 0.4) is 0 Å². The lowest BCUT2D eigenvalue weighted by Crippen LogP contribution is -2.37. The molecule has 2 N–H and O–H groups in total. The first kappa shape index (κ1) is 11.7. The topological polar surface area (TPSA) is 46.3 Å². The Balaban J connectivity index is 1.57. The molecular weight excluding hydrogens is 228 g/mol. The summed E-state index contributed by atoms with van der Waals surface area (Å²) in [7, 11) is 0. The van der Waals surface area contributed by atoms with E-state index in [1.165, 1.54) is 16.5 Å². The Morgan fingerprint density at radius 3 is 3.17 bits per heavy atom. The lowest BCUT2D eigenvalue weighted by atomic mass is 10.1. The van der Waals surface area contributed by atoms with Crippen molar-refractivity contribution in [3.05, 3.63) is 36.0 Å². The lowest BCUT2D eigenvalue weighted by molar-refractivity contribution is -0.0864. The quantitative estimate of drug-likeness (QED) is 0.862. The molecule has 1 aliphatic heterocycles. The average molecular weight is 246 g/mol. The Bertz CT molecular complexity index is 503. The van der Waals surface area contributed by atoms with E-state index in [1.807, 2.05) is 6.20 Å². The van der Waals surface area contributed by atoms with E-state index in [1.54, 1.807) is 0 Å². The summed E-state index contributed by atoms with van der Waals surface area (Å²) in [6, 6.07) is 8.45. The smallest absolute Gasteiger partial charge is 0.0933 e. The summed E-state index contributed by atoms with van der Waals surface area (Å²) in [4.78, 5) is 3.23. The maximum Gasteiger partial charge on any atom is 0.0933 e. The molecule has 18 heavy (non-hydrogen) atoms. The molecule has 4 heteroatoms. The second-order valence-electron chi connectivity index (χ2n) is 4.55. The number of nitrogens with one attached hydrogen (secondary N) is 2. The maximum absolute atomic E-state index is 5.59. The van der Waals surface area contributed by atoms with Crippen molar-refractivity contribution in [2.75, 3.05) is 26.4 Å². The predicted octanol–water partition coefficient (Wildman–Crippen LogP) is 1.67. The van der Waals surface area contributed by atoms with Crippen LogP contribution in [0.25, 0.3) is 10.9 Å². The highest BCUT2D eigenvalue weighted by Gasteiger charge is 2.13. The van der Waals surface area contributed by atoms with Gasteiger partial charge in [0, 0.05) is 30.2 Å². The van der Waals surface area contributed by atoms with Crippen LogP contribution >= 0.6 is 0 Å². The molecule has 0 amide bonds. The number of hydrogen-bond acceptors (Lipinski definition) is 3. The van der Waals surface area contributed by atoms with E-state index >= 15 is 0 Å². The van der Waals surface area contributed by atoms with E-state index < -0.39 is 0 Å². The minimum absolute atomic E-state index is 0.184. The van der Waals surface area contributed by atoms with Crippen LogP contribution in [0, 0.1) is 0 Å². The van der Waals surface area contributed by atoms with Crippen molar-refractivity contribution in [2.45, 2.75) is 12.6 Å². The van der Waals surface area contributed by atoms with Gasteiger partial charge in [-0.1, -0.05) is 12.1 Å². The standard InChI is InChI=1S/C14H18N2O2/c1-2-11(13-4-5-16-14(13)3-1)8-15-9-12-10-17-6-7-18-12/h1-5,12,15-16H,6-10H2. The molecule has 3 rings (SSSR count). The van der Waals surface area contributed by atoms with Crippen molar-refractivity contribution in [3.8, 4) is 0 Å². The summed E-state index contributed by atoms with van der Waals surface area (Å²) in [5, 5.41) is 4.72. The van der Waals surface area contributed by atoms with Crippen LogP contribution in [-0.4, -0.2) is 37.5 Å². The first-order chi connectivity index (χ1) is 8.93. The molecule has 1 aliphatic rings. The summed E-state index contributed by atoms with van der Waals surface area (Å²) < 4.78 is 11.0. The molecule has 1 aromatic heterocycles. The predicted molar refractivity (Wildman–Crippen MR) is 70.6 cm³/mol. The van der Waals surface area contributed by atoms with Crippen LogP contribution in [0.5, 0.6) is 0 Å². The van der Waals surface area contributed by atoms with Gasteiger partial charge in [0.25, 0.3) is 0 Å². The van der Waals surface area contributed by atoms with Gasteiger partial charge in [-0.3, -0.25) is 0 Å². The first-order valence-corrected chi connectivity index (χ1v) is 6.38. The second-order valence-corrected chi connectivity index (χ2v) is 4.55. The number of aromatic nitrogens is 1. The van der Waals surface area contributed by atoms with Gasteiger partial charge in [0.1, 0.15) is 0 Å². The SMILES string of the molecule is c1cc(CNCC2COCCO2)c2cc[nH]c2c1. The van der Waals surface area contributed by atoms with Crippen LogP contribution in [-0.2, 0) is 16.0 Å². The van der Waals surface area contributed by atoms with Crippen molar-refractivity contribution in [2.24, 2.45) is 0 Å². The van der Waals surface area contributed by atoms with Gasteiger partial charge < -0.3 is 19.8 Å². The lowest BCUT2D eigenvalue weighted by Gasteiger charge is -2.23. The van der Waals surface area contributed by atoms with Crippen molar-refractivity contribution in [1.29, 1.82) is 0 Å². The van der Waals surface area contributed by atoms with Gasteiger partial charge in [-0.25, -0.2) is 0 Å². The zero-order chi connectivity index (χ0) is 12.2. The monoisotopic (exact) mass is 246 g/mol. The van der Waals surface area contributed by atoms with Crippen LogP contribution in [0.15, 0.2) is 30.5 Å². The van der Waals surface area contributed by atoms with Gasteiger partial charge >= 0.3 is 0 Å². The zero-order valence-corrected chi connectivity index (χ0v) is 10.3. The summed E-state index contributed by atoms with van der Waals surface area (Å²) in [6.45, 7) is 3.82. The third kappa shape index (κ3) is 2.56. The van der Waals surface area contributed by atoms with Gasteiger partial charge in [0.05, 0.1) is 25.9 Å². The van der Waals surface area contributed by atoms with Crippen LogP contribution in [0.2, 0.25) is 0 Å². The van der Waals surface area contributed by atoms with Gasteiger partial charge in [0.15, 0.2) is 0 Å². The highest BCUT2D eigenvalue weighted by molar-refractivity contribution is 5.82. The number of rotatable bonds is 4. The fourth-order valence-corrected chi connectivity index (χ4v) is 2.33. The molecule has 4 nitrogen and oxygen atoms in total. The molecule has 2 aromatic rings. The molecule has 0 spiro atoms. The summed E-state index contributed by atoms with van der Waals surface area (Å²) in [6.07, 6.45) is 2.16. The molecule has 1 aromatic carbocycles. The third-order valence-electron chi connectivity index (χ3n) is 3.26. The minimum Gasteiger partial charge on any atom is -0.376 e. The maximum atomic E-state index is 5.59. The van der Waals surface area contributed by atoms with Crippen molar-refractivity contribution < 1.29 is 9.47 Å². The Hall–Kier alpha value is -1.36. The van der Waals surface area contributed by atoms with E-state index in [9.17, 15) is 0 Å². The molecule has 0 aliphatic carbocycles. The van der Waals surface area contributed by atoms with E-state index in [0.717, 1.165) is 19.7 Å². The third-order valence-corrected chi connectivity index (χ3v) is 3.26. The van der Waals surface area contributed by atoms with Crippen molar-refractivity contribution >= 4 is 10.9 Å². The number of ether oxygens (including phenoxy) is 2. The summed E-state index contributed by atoms with van der Waals surface area (Å²) >= 11 is 0. The fraction of sp³-hybridized carbons (Fsp3) is 0.429. The van der Waals surface area contributed by atoms with Gasteiger partial charge in [-0.15, -0.1) is 0 Å². The molecule has 1 saturated heterocycles. The molecule has 0 bridgehead atoms. The normalized spacial score (nSPS) is 20.3. The minimum atomic E-state index is 0.184. The summed E-state index contributed by atoms with van der Waals surface area (Å²) in [5.74, 6) is 0. The number of fused-ring (bicyclic) bond motifs is 1. The molecule has 1 unspecified atom stereocenters. The largest absolute Gasteiger partial charge is 0.376 e. The van der Waals surface area contributed by atoms with Crippen LogP contribution in [0.1, 0.15) is 5.56 Å². The van der Waals surface area contributed by atoms with Gasteiger partial charge in [-0.05, 0) is 17.7 Å². The van der Waals surface area contributed by atoms with Gasteiger partial charge in [-0.2, -0.15) is 0 Å². The molecule has 0 radical (unpaired) electrons. The molecule has 1 fully saturated rings. The first-order valence-electron chi connectivity index (χ1n) is 6.38. The Kier molecular flexibility index (Phi) is 3.59. The van der Waals surface area contributed by atoms with E-state index in [-0.39, 0.29) is 6.10 Å². The van der Waals surface area contributed by atoms with E-state index in [4.69, 9.17) is 9.47 Å². The number of hydrogen-bond donors (Lipinski definition) is 2. The molecule has 96 valence electrons. The summed E-state index contributed by atoms with van der Waals surface area (Å²) in [5.41, 5.74) is 2.50. The highest BCUT2D eigenvalue weighted by Crippen LogP contribution is 2.17. The molecular formula is C14H18N2O2. The molecule has 2 heterocycles. The van der Waals surface area contributed by atoms with Gasteiger partial charge in [0.2, 0.25) is 0 Å². The Morgan fingerprint density at radius 1 is 1.28 bits per heavy atom.